The fourth-order valence-corrected chi connectivity index (χ4v) is 4.22. The van der Waals surface area contributed by atoms with Crippen LogP contribution in [0.15, 0.2) is 47.4 Å². The second-order valence-electron chi connectivity index (χ2n) is 6.45. The summed E-state index contributed by atoms with van der Waals surface area (Å²) < 4.78 is 29.7. The van der Waals surface area contributed by atoms with Gasteiger partial charge in [-0.15, -0.1) is 0 Å². The first-order valence-electron chi connectivity index (χ1n) is 9.01. The van der Waals surface area contributed by atoms with Crippen LogP contribution in [0.5, 0.6) is 5.75 Å². The minimum Gasteiger partial charge on any atom is -0.494 e. The molecule has 0 aliphatic heterocycles. The molecule has 0 unspecified atom stereocenters. The van der Waals surface area contributed by atoms with E-state index in [1.54, 1.807) is 36.4 Å². The van der Waals surface area contributed by atoms with Gasteiger partial charge in [0, 0.05) is 11.8 Å². The summed E-state index contributed by atoms with van der Waals surface area (Å²) in [6.45, 7) is 2.81. The smallest absolute Gasteiger partial charge is 0.257 e. The second kappa shape index (κ2) is 8.70. The average molecular weight is 419 g/mol. The number of carbonyl (C=O) groups excluding carboxylic acids is 1. The van der Waals surface area contributed by atoms with E-state index in [2.05, 4.69) is 17.2 Å². The first-order valence-corrected chi connectivity index (χ1v) is 11.7. The molecular formula is C20H22N2O4S2. The Hall–Kier alpha value is -2.45. The zero-order valence-electron chi connectivity index (χ0n) is 15.8. The van der Waals surface area contributed by atoms with Crippen molar-refractivity contribution in [3.05, 3.63) is 48.0 Å². The number of rotatable bonds is 8. The molecular weight excluding hydrogens is 396 g/mol. The number of nitrogens with zero attached hydrogens (tertiary/aromatic N) is 1. The number of carbonyl (C=O) groups is 1. The van der Waals surface area contributed by atoms with Crippen LogP contribution in [0.25, 0.3) is 10.2 Å². The van der Waals surface area contributed by atoms with E-state index in [1.165, 1.54) is 17.4 Å². The summed E-state index contributed by atoms with van der Waals surface area (Å²) in [7, 11) is -3.29. The maximum absolute atomic E-state index is 12.4. The Balaban J connectivity index is 1.67. The van der Waals surface area contributed by atoms with E-state index < -0.39 is 9.84 Å². The number of aromatic nitrogens is 1. The van der Waals surface area contributed by atoms with Crippen molar-refractivity contribution in [2.75, 3.05) is 18.2 Å². The number of benzene rings is 2. The molecule has 0 bridgehead atoms. The summed E-state index contributed by atoms with van der Waals surface area (Å²) in [5.41, 5.74) is 1.14. The van der Waals surface area contributed by atoms with Crippen molar-refractivity contribution < 1.29 is 17.9 Å². The van der Waals surface area contributed by atoms with Crippen LogP contribution in [0.4, 0.5) is 5.13 Å². The van der Waals surface area contributed by atoms with Gasteiger partial charge in [-0.3, -0.25) is 10.1 Å². The molecule has 1 N–H and O–H groups in total. The SMILES string of the molecule is CCCCCOc1ccc(C(=O)Nc2nc3ccc(S(C)(=O)=O)cc3s2)cc1. The number of nitrogens with one attached hydrogen (secondary N) is 1. The van der Waals surface area contributed by atoms with Crippen molar-refractivity contribution in [2.24, 2.45) is 0 Å². The fourth-order valence-electron chi connectivity index (χ4n) is 2.60. The molecule has 0 aliphatic rings. The number of hydrogen-bond acceptors (Lipinski definition) is 6. The van der Waals surface area contributed by atoms with E-state index in [9.17, 15) is 13.2 Å². The van der Waals surface area contributed by atoms with Crippen molar-refractivity contribution in [3.63, 3.8) is 0 Å². The molecule has 8 heteroatoms. The molecule has 0 fully saturated rings. The largest absolute Gasteiger partial charge is 0.494 e. The molecule has 0 atom stereocenters. The molecule has 1 amide bonds. The van der Waals surface area contributed by atoms with Gasteiger partial charge >= 0.3 is 0 Å². The zero-order chi connectivity index (χ0) is 20.1. The summed E-state index contributed by atoms with van der Waals surface area (Å²) in [6, 6.07) is 11.7. The second-order valence-corrected chi connectivity index (χ2v) is 9.50. The van der Waals surface area contributed by atoms with Gasteiger partial charge in [-0.05, 0) is 48.9 Å². The van der Waals surface area contributed by atoms with E-state index in [0.717, 1.165) is 31.3 Å². The lowest BCUT2D eigenvalue weighted by atomic mass is 10.2. The molecule has 0 saturated carbocycles. The molecule has 6 nitrogen and oxygen atoms in total. The van der Waals surface area contributed by atoms with Crippen LogP contribution in [-0.2, 0) is 9.84 Å². The molecule has 1 aromatic heterocycles. The molecule has 2 aromatic carbocycles. The Bertz CT molecular complexity index is 1070. The summed E-state index contributed by atoms with van der Waals surface area (Å²) >= 11 is 1.24. The first-order chi connectivity index (χ1) is 13.4. The number of ether oxygens (including phenoxy) is 1. The minimum atomic E-state index is -3.29. The maximum Gasteiger partial charge on any atom is 0.257 e. The topological polar surface area (TPSA) is 85.4 Å². The highest BCUT2D eigenvalue weighted by molar-refractivity contribution is 7.90. The number of unbranched alkanes of at least 4 members (excludes halogenated alkanes) is 2. The third-order valence-corrected chi connectivity index (χ3v) is 6.19. The van der Waals surface area contributed by atoms with Crippen molar-refractivity contribution in [3.8, 4) is 5.75 Å². The van der Waals surface area contributed by atoms with Crippen molar-refractivity contribution in [1.82, 2.24) is 4.98 Å². The normalized spacial score (nSPS) is 11.5. The molecule has 0 aliphatic carbocycles. The third kappa shape index (κ3) is 5.08. The number of thiazole rings is 1. The van der Waals surface area contributed by atoms with Crippen molar-refractivity contribution in [2.45, 2.75) is 31.1 Å². The van der Waals surface area contributed by atoms with Crippen LogP contribution in [0.3, 0.4) is 0 Å². The maximum atomic E-state index is 12.4. The standard InChI is InChI=1S/C20H22N2O4S2/c1-3-4-5-12-26-15-8-6-14(7-9-15)19(23)22-20-21-17-11-10-16(28(2,24)25)13-18(17)27-20/h6-11,13H,3-5,12H2,1-2H3,(H,21,22,23). The first kappa shape index (κ1) is 20.3. The number of fused-ring (bicyclic) bond motifs is 1. The van der Waals surface area contributed by atoms with Crippen molar-refractivity contribution >= 4 is 42.4 Å². The highest BCUT2D eigenvalue weighted by Crippen LogP contribution is 2.28. The van der Waals surface area contributed by atoms with E-state index in [0.29, 0.717) is 27.5 Å². The van der Waals surface area contributed by atoms with Gasteiger partial charge in [0.2, 0.25) is 0 Å². The molecule has 0 saturated heterocycles. The lowest BCUT2D eigenvalue weighted by Crippen LogP contribution is -2.11. The van der Waals surface area contributed by atoms with Gasteiger partial charge in [-0.2, -0.15) is 0 Å². The number of anilines is 1. The van der Waals surface area contributed by atoms with Crippen molar-refractivity contribution in [1.29, 1.82) is 0 Å². The monoisotopic (exact) mass is 418 g/mol. The van der Waals surface area contributed by atoms with Gasteiger partial charge in [0.15, 0.2) is 15.0 Å². The molecule has 148 valence electrons. The summed E-state index contributed by atoms with van der Waals surface area (Å²) in [5, 5.41) is 3.19. The number of hydrogen-bond donors (Lipinski definition) is 1. The molecule has 0 spiro atoms. The van der Waals surface area contributed by atoms with Crippen LogP contribution >= 0.6 is 11.3 Å². The van der Waals surface area contributed by atoms with E-state index in [-0.39, 0.29) is 10.8 Å². The van der Waals surface area contributed by atoms with Gasteiger partial charge in [0.1, 0.15) is 5.75 Å². The highest BCUT2D eigenvalue weighted by atomic mass is 32.2. The van der Waals surface area contributed by atoms with Crippen LogP contribution in [0, 0.1) is 0 Å². The average Bonchev–Trinajstić information content (AvgIpc) is 3.06. The van der Waals surface area contributed by atoms with Crippen LogP contribution < -0.4 is 10.1 Å². The predicted octanol–water partition coefficient (Wildman–Crippen LogP) is 4.52. The van der Waals surface area contributed by atoms with E-state index in [4.69, 9.17) is 4.74 Å². The molecule has 28 heavy (non-hydrogen) atoms. The molecule has 1 heterocycles. The summed E-state index contributed by atoms with van der Waals surface area (Å²) in [5.74, 6) is 0.459. The molecule has 3 aromatic rings. The lowest BCUT2D eigenvalue weighted by molar-refractivity contribution is 0.102. The minimum absolute atomic E-state index is 0.232. The Morgan fingerprint density at radius 1 is 1.14 bits per heavy atom. The lowest BCUT2D eigenvalue weighted by Gasteiger charge is -2.06. The van der Waals surface area contributed by atoms with Gasteiger partial charge in [0.25, 0.3) is 5.91 Å². The van der Waals surface area contributed by atoms with Gasteiger partial charge < -0.3 is 4.74 Å². The summed E-state index contributed by atoms with van der Waals surface area (Å²) in [4.78, 5) is 17.0. The van der Waals surface area contributed by atoms with E-state index >= 15 is 0 Å². The molecule has 3 rings (SSSR count). The predicted molar refractivity (Wildman–Crippen MR) is 112 cm³/mol. The van der Waals surface area contributed by atoms with Gasteiger partial charge in [-0.25, -0.2) is 13.4 Å². The van der Waals surface area contributed by atoms with Crippen LogP contribution in [0.1, 0.15) is 36.5 Å². The quantitative estimate of drug-likeness (QED) is 0.544. The van der Waals surface area contributed by atoms with Gasteiger partial charge in [0.05, 0.1) is 21.7 Å². The highest BCUT2D eigenvalue weighted by Gasteiger charge is 2.13. The fraction of sp³-hybridized carbons (Fsp3) is 0.300. The third-order valence-electron chi connectivity index (χ3n) is 4.14. The summed E-state index contributed by atoms with van der Waals surface area (Å²) in [6.07, 6.45) is 4.45. The Kier molecular flexibility index (Phi) is 6.31. The Morgan fingerprint density at radius 3 is 2.57 bits per heavy atom. The van der Waals surface area contributed by atoms with Crippen LogP contribution in [-0.4, -0.2) is 32.2 Å². The van der Waals surface area contributed by atoms with Gasteiger partial charge in [-0.1, -0.05) is 31.1 Å². The Morgan fingerprint density at radius 2 is 1.89 bits per heavy atom. The number of amides is 1. The Labute approximate surface area is 168 Å². The molecule has 0 radical (unpaired) electrons. The number of sulfone groups is 1. The van der Waals surface area contributed by atoms with E-state index in [1.807, 2.05) is 0 Å². The zero-order valence-corrected chi connectivity index (χ0v) is 17.4. The van der Waals surface area contributed by atoms with Crippen LogP contribution in [0.2, 0.25) is 0 Å².